The van der Waals surface area contributed by atoms with E-state index in [0.29, 0.717) is 22.4 Å². The van der Waals surface area contributed by atoms with Gasteiger partial charge >= 0.3 is 0 Å². The van der Waals surface area contributed by atoms with Crippen molar-refractivity contribution in [3.05, 3.63) is 69.2 Å². The Morgan fingerprint density at radius 1 is 1.04 bits per heavy atom. The van der Waals surface area contributed by atoms with E-state index in [1.54, 1.807) is 12.1 Å². The summed E-state index contributed by atoms with van der Waals surface area (Å²) in [4.78, 5) is 17.9. The second kappa shape index (κ2) is 8.44. The molecule has 0 saturated carbocycles. The molecule has 2 aliphatic rings. The number of amides is 1. The van der Waals surface area contributed by atoms with E-state index in [2.05, 4.69) is 41.0 Å². The van der Waals surface area contributed by atoms with Gasteiger partial charge in [-0.1, -0.05) is 60.5 Å². The molecule has 0 aliphatic carbocycles. The molecule has 0 bridgehead atoms. The monoisotopic (exact) mass is 416 g/mol. The van der Waals surface area contributed by atoms with Crippen LogP contribution in [-0.2, 0) is 11.2 Å². The van der Waals surface area contributed by atoms with Crippen molar-refractivity contribution in [3.63, 3.8) is 0 Å². The Hall–Kier alpha value is -1.55. The highest BCUT2D eigenvalue weighted by Gasteiger charge is 2.35. The summed E-state index contributed by atoms with van der Waals surface area (Å²) in [6.07, 6.45) is 2.85. The minimum Gasteiger partial charge on any atom is -0.333 e. The largest absolute Gasteiger partial charge is 0.333 e. The molecule has 3 nitrogen and oxygen atoms in total. The smallest absolute Gasteiger partial charge is 0.227 e. The number of hydrogen-bond donors (Lipinski definition) is 0. The van der Waals surface area contributed by atoms with Gasteiger partial charge in [0.25, 0.3) is 0 Å². The molecule has 28 heavy (non-hydrogen) atoms. The molecule has 1 fully saturated rings. The third-order valence-electron chi connectivity index (χ3n) is 6.02. The average molecular weight is 417 g/mol. The van der Waals surface area contributed by atoms with Crippen molar-refractivity contribution in [1.29, 1.82) is 0 Å². The van der Waals surface area contributed by atoms with E-state index in [1.807, 2.05) is 6.07 Å². The Balaban J connectivity index is 1.61. The first-order valence-electron chi connectivity index (χ1n) is 10.1. The van der Waals surface area contributed by atoms with Crippen LogP contribution in [0.25, 0.3) is 0 Å². The van der Waals surface area contributed by atoms with Gasteiger partial charge in [-0.2, -0.15) is 0 Å². The minimum absolute atomic E-state index is 0.112. The number of likely N-dealkylation sites (tertiary alicyclic amines) is 1. The molecule has 0 unspecified atom stereocenters. The highest BCUT2D eigenvalue weighted by molar-refractivity contribution is 6.42. The van der Waals surface area contributed by atoms with Crippen molar-refractivity contribution >= 4 is 29.1 Å². The molecular weight excluding hydrogens is 391 g/mol. The van der Waals surface area contributed by atoms with Gasteiger partial charge in [0, 0.05) is 13.1 Å². The lowest BCUT2D eigenvalue weighted by atomic mass is 9.85. The second-order valence-corrected chi connectivity index (χ2v) is 8.84. The first-order valence-corrected chi connectivity index (χ1v) is 10.8. The van der Waals surface area contributed by atoms with Crippen molar-refractivity contribution in [2.24, 2.45) is 0 Å². The van der Waals surface area contributed by atoms with Gasteiger partial charge in [-0.3, -0.25) is 4.79 Å². The van der Waals surface area contributed by atoms with Crippen molar-refractivity contribution in [1.82, 2.24) is 9.80 Å². The zero-order chi connectivity index (χ0) is 19.7. The van der Waals surface area contributed by atoms with Crippen molar-refractivity contribution < 1.29 is 4.79 Å². The zero-order valence-corrected chi connectivity index (χ0v) is 17.7. The van der Waals surface area contributed by atoms with Crippen molar-refractivity contribution in [3.8, 4) is 0 Å². The van der Waals surface area contributed by atoms with Gasteiger partial charge < -0.3 is 9.80 Å². The molecular formula is C23H26Cl2N2O. The zero-order valence-electron chi connectivity index (χ0n) is 16.2. The summed E-state index contributed by atoms with van der Waals surface area (Å²) < 4.78 is 0. The highest BCUT2D eigenvalue weighted by atomic mass is 35.5. The predicted molar refractivity (Wildman–Crippen MR) is 115 cm³/mol. The first kappa shape index (κ1) is 19.8. The van der Waals surface area contributed by atoms with Crippen LogP contribution >= 0.6 is 23.2 Å². The summed E-state index contributed by atoms with van der Waals surface area (Å²) in [5, 5.41) is 1.02. The van der Waals surface area contributed by atoms with Crippen LogP contribution < -0.4 is 0 Å². The molecule has 1 saturated heterocycles. The number of rotatable bonds is 4. The lowest BCUT2D eigenvalue weighted by molar-refractivity contribution is -0.134. The Morgan fingerprint density at radius 2 is 1.75 bits per heavy atom. The Morgan fingerprint density at radius 3 is 2.46 bits per heavy atom. The van der Waals surface area contributed by atoms with Crippen molar-refractivity contribution in [2.45, 2.75) is 38.1 Å². The first-order chi connectivity index (χ1) is 13.5. The summed E-state index contributed by atoms with van der Waals surface area (Å²) in [5.74, 6) is 0.493. The van der Waals surface area contributed by atoms with Crippen LogP contribution in [0.5, 0.6) is 0 Å². The molecule has 0 radical (unpaired) electrons. The van der Waals surface area contributed by atoms with E-state index < -0.39 is 0 Å². The van der Waals surface area contributed by atoms with Crippen LogP contribution in [0, 0.1) is 0 Å². The standard InChI is InChI=1S/C23H26Cl2N2O/c1-16-14-27(23(28)13-17-8-9-20(24)21(25)12-17)22(15-26-10-4-5-11-26)19-7-3-2-6-18(16)19/h2-3,6-9,12,16,22H,4-5,10-11,13-15H2,1H3/t16-,22+/m1/s1. The fraction of sp³-hybridized carbons (Fsp3) is 0.435. The maximum Gasteiger partial charge on any atom is 0.227 e. The van der Waals surface area contributed by atoms with Crippen LogP contribution in [0.1, 0.15) is 48.4 Å². The van der Waals surface area contributed by atoms with Gasteiger partial charge in [0.1, 0.15) is 0 Å². The summed E-state index contributed by atoms with van der Waals surface area (Å²) in [6.45, 7) is 6.14. The van der Waals surface area contributed by atoms with Crippen LogP contribution in [0.3, 0.4) is 0 Å². The molecule has 148 valence electrons. The molecule has 2 heterocycles. The molecule has 5 heteroatoms. The van der Waals surface area contributed by atoms with Crippen molar-refractivity contribution in [2.75, 3.05) is 26.2 Å². The molecule has 2 atom stereocenters. The molecule has 2 aromatic carbocycles. The molecule has 4 rings (SSSR count). The number of halogens is 2. The number of carbonyl (C=O) groups excluding carboxylic acids is 1. The van der Waals surface area contributed by atoms with E-state index in [9.17, 15) is 4.79 Å². The Kier molecular flexibility index (Phi) is 5.96. The summed E-state index contributed by atoms with van der Waals surface area (Å²) in [7, 11) is 0. The quantitative estimate of drug-likeness (QED) is 0.673. The van der Waals surface area contributed by atoms with Crippen LogP contribution in [0.4, 0.5) is 0 Å². The van der Waals surface area contributed by atoms with Crippen LogP contribution in [0.2, 0.25) is 10.0 Å². The van der Waals surface area contributed by atoms with E-state index in [0.717, 1.165) is 31.7 Å². The number of nitrogens with zero attached hydrogens (tertiary/aromatic N) is 2. The third-order valence-corrected chi connectivity index (χ3v) is 6.76. The van der Waals surface area contributed by atoms with Crippen LogP contribution in [-0.4, -0.2) is 41.9 Å². The molecule has 2 aliphatic heterocycles. The summed E-state index contributed by atoms with van der Waals surface area (Å²) in [6, 6.07) is 14.2. The fourth-order valence-corrected chi connectivity index (χ4v) is 4.88. The minimum atomic E-state index is 0.112. The van der Waals surface area contributed by atoms with Gasteiger partial charge in [0.2, 0.25) is 5.91 Å². The topological polar surface area (TPSA) is 23.6 Å². The van der Waals surface area contributed by atoms with Gasteiger partial charge in [-0.15, -0.1) is 0 Å². The molecule has 0 aromatic heterocycles. The van der Waals surface area contributed by atoms with E-state index in [-0.39, 0.29) is 11.9 Å². The van der Waals surface area contributed by atoms with E-state index in [1.165, 1.54) is 24.0 Å². The lowest BCUT2D eigenvalue weighted by Gasteiger charge is -2.42. The Labute approximate surface area is 177 Å². The van der Waals surface area contributed by atoms with Crippen LogP contribution in [0.15, 0.2) is 42.5 Å². The fourth-order valence-electron chi connectivity index (χ4n) is 4.56. The second-order valence-electron chi connectivity index (χ2n) is 8.02. The van der Waals surface area contributed by atoms with Gasteiger partial charge in [0.05, 0.1) is 22.5 Å². The lowest BCUT2D eigenvalue weighted by Crippen LogP contribution is -2.46. The van der Waals surface area contributed by atoms with E-state index >= 15 is 0 Å². The predicted octanol–water partition coefficient (Wildman–Crippen LogP) is 5.32. The summed E-state index contributed by atoms with van der Waals surface area (Å²) >= 11 is 12.2. The maximum absolute atomic E-state index is 13.3. The van der Waals surface area contributed by atoms with Gasteiger partial charge in [-0.25, -0.2) is 0 Å². The van der Waals surface area contributed by atoms with E-state index in [4.69, 9.17) is 23.2 Å². The molecule has 2 aromatic rings. The number of fused-ring (bicyclic) bond motifs is 1. The van der Waals surface area contributed by atoms with Gasteiger partial charge in [0.15, 0.2) is 0 Å². The summed E-state index contributed by atoms with van der Waals surface area (Å²) in [5.41, 5.74) is 3.59. The van der Waals surface area contributed by atoms with Gasteiger partial charge in [-0.05, 0) is 60.7 Å². The maximum atomic E-state index is 13.3. The average Bonchev–Trinajstić information content (AvgIpc) is 3.20. The molecule has 0 spiro atoms. The number of carbonyl (C=O) groups is 1. The highest BCUT2D eigenvalue weighted by Crippen LogP contribution is 2.37. The normalized spacial score (nSPS) is 22.3. The SMILES string of the molecule is C[C@@H]1CN(C(=O)Cc2ccc(Cl)c(Cl)c2)[C@@H](CN2CCCC2)c2ccccc21. The number of benzene rings is 2. The molecule has 1 amide bonds. The third kappa shape index (κ3) is 4.07. The Bertz CT molecular complexity index is 863. The number of hydrogen-bond acceptors (Lipinski definition) is 2. The molecule has 0 N–H and O–H groups in total.